The summed E-state index contributed by atoms with van der Waals surface area (Å²) in [6.07, 6.45) is 4.66. The minimum atomic E-state index is -0.417. The summed E-state index contributed by atoms with van der Waals surface area (Å²) in [7, 11) is 0. The van der Waals surface area contributed by atoms with E-state index < -0.39 is 5.41 Å². The van der Waals surface area contributed by atoms with Gasteiger partial charge in [-0.2, -0.15) is 5.26 Å². The molecule has 1 aromatic heterocycles. The van der Waals surface area contributed by atoms with Gasteiger partial charge in [0.15, 0.2) is 5.78 Å². The first-order chi connectivity index (χ1) is 12.8. The molecule has 2 aromatic rings. The number of carbonyl (C=O) groups excluding carboxylic acids is 1. The van der Waals surface area contributed by atoms with Gasteiger partial charge in [-0.05, 0) is 57.1 Å². The quantitative estimate of drug-likeness (QED) is 0.771. The number of nitriles is 1. The van der Waals surface area contributed by atoms with E-state index >= 15 is 0 Å². The smallest absolute Gasteiger partial charge is 0.179 e. The van der Waals surface area contributed by atoms with Crippen LogP contribution in [-0.2, 0) is 16.6 Å². The van der Waals surface area contributed by atoms with Gasteiger partial charge in [0.2, 0.25) is 0 Å². The summed E-state index contributed by atoms with van der Waals surface area (Å²) in [4.78, 5) is 17.9. The number of hydrogen-bond donors (Lipinski definition) is 0. The monoisotopic (exact) mass is 357 g/mol. The summed E-state index contributed by atoms with van der Waals surface area (Å²) >= 11 is 0. The molecule has 0 amide bonds. The van der Waals surface area contributed by atoms with Crippen LogP contribution in [-0.4, -0.2) is 15.3 Å². The molecule has 136 valence electrons. The Bertz CT molecular complexity index is 1100. The molecule has 0 bridgehead atoms. The van der Waals surface area contributed by atoms with Gasteiger partial charge in [0.25, 0.3) is 0 Å². The van der Waals surface area contributed by atoms with Crippen molar-refractivity contribution in [2.45, 2.75) is 52.4 Å². The molecule has 4 heteroatoms. The van der Waals surface area contributed by atoms with E-state index in [1.165, 1.54) is 16.9 Å². The van der Waals surface area contributed by atoms with Gasteiger partial charge in [0.05, 0.1) is 11.3 Å². The first-order valence-corrected chi connectivity index (χ1v) is 9.61. The van der Waals surface area contributed by atoms with Crippen molar-refractivity contribution in [2.75, 3.05) is 0 Å². The van der Waals surface area contributed by atoms with E-state index in [0.717, 1.165) is 30.8 Å². The highest BCUT2D eigenvalue weighted by atomic mass is 16.1. The Balaban J connectivity index is 1.78. The molecule has 1 heterocycles. The van der Waals surface area contributed by atoms with E-state index in [9.17, 15) is 10.1 Å². The standard InChI is InChI=1S/C23H23N3O/c1-14-7-5-6-8-17(14)26-15(2)25-19-18(26)9-10-23-13-22(23,4)20(27)16(12-24)11-21(19,23)3/h5-8,11H,9-10,13H2,1-4H3/t21-,22?,23+/m1/s1. The lowest BCUT2D eigenvalue weighted by atomic mass is 9.58. The first-order valence-electron chi connectivity index (χ1n) is 9.61. The van der Waals surface area contributed by atoms with E-state index in [2.05, 4.69) is 55.7 Å². The molecule has 5 rings (SSSR count). The Kier molecular flexibility index (Phi) is 2.92. The molecule has 0 saturated heterocycles. The van der Waals surface area contributed by atoms with Crippen LogP contribution in [0.15, 0.2) is 35.9 Å². The zero-order chi connectivity index (χ0) is 19.2. The number of benzene rings is 1. The summed E-state index contributed by atoms with van der Waals surface area (Å²) in [6, 6.07) is 10.5. The number of imidazole rings is 1. The van der Waals surface area contributed by atoms with Gasteiger partial charge in [0, 0.05) is 22.2 Å². The van der Waals surface area contributed by atoms with Crippen LogP contribution in [0.3, 0.4) is 0 Å². The number of allylic oxidation sites excluding steroid dienone is 2. The highest BCUT2D eigenvalue weighted by Crippen LogP contribution is 2.78. The van der Waals surface area contributed by atoms with Crippen molar-refractivity contribution < 1.29 is 4.79 Å². The average Bonchev–Trinajstić information content (AvgIpc) is 3.14. The number of hydrogen-bond acceptors (Lipinski definition) is 3. The number of ketones is 1. The van der Waals surface area contributed by atoms with Gasteiger partial charge in [-0.3, -0.25) is 4.79 Å². The maximum absolute atomic E-state index is 12.8. The molecular weight excluding hydrogens is 334 g/mol. The lowest BCUT2D eigenvalue weighted by Gasteiger charge is -2.44. The van der Waals surface area contributed by atoms with Crippen LogP contribution in [0.5, 0.6) is 0 Å². The SMILES string of the molecule is Cc1ccccc1-n1c(C)nc2c1CC[C@@]13CC1(C)C(=O)C(C#N)=C[C@]23C. The van der Waals surface area contributed by atoms with Gasteiger partial charge in [-0.1, -0.05) is 31.2 Å². The van der Waals surface area contributed by atoms with Crippen molar-refractivity contribution in [3.05, 3.63) is 58.7 Å². The number of aryl methyl sites for hydroxylation is 2. The van der Waals surface area contributed by atoms with Gasteiger partial charge in [-0.15, -0.1) is 0 Å². The molecule has 1 saturated carbocycles. The van der Waals surface area contributed by atoms with Crippen molar-refractivity contribution in [1.29, 1.82) is 5.26 Å². The Hall–Kier alpha value is -2.67. The fraction of sp³-hybridized carbons (Fsp3) is 0.435. The van der Waals surface area contributed by atoms with Crippen LogP contribution in [0.25, 0.3) is 5.69 Å². The van der Waals surface area contributed by atoms with Crippen LogP contribution >= 0.6 is 0 Å². The number of aromatic nitrogens is 2. The summed E-state index contributed by atoms with van der Waals surface area (Å²) in [5.74, 6) is 1.000. The van der Waals surface area contributed by atoms with Gasteiger partial charge in [0.1, 0.15) is 11.9 Å². The molecule has 3 aliphatic rings. The molecule has 3 atom stereocenters. The number of carbonyl (C=O) groups is 1. The first kappa shape index (κ1) is 16.5. The second-order valence-corrected chi connectivity index (χ2v) is 8.87. The van der Waals surface area contributed by atoms with Crippen molar-refractivity contribution in [3.8, 4) is 11.8 Å². The van der Waals surface area contributed by atoms with Gasteiger partial charge in [-0.25, -0.2) is 4.98 Å². The van der Waals surface area contributed by atoms with E-state index in [1.807, 2.05) is 13.0 Å². The maximum Gasteiger partial charge on any atom is 0.179 e. The van der Waals surface area contributed by atoms with E-state index in [4.69, 9.17) is 4.98 Å². The minimum absolute atomic E-state index is 0.0287. The molecule has 3 aliphatic carbocycles. The number of para-hydroxylation sites is 1. The third kappa shape index (κ3) is 1.69. The maximum atomic E-state index is 12.8. The fourth-order valence-corrected chi connectivity index (χ4v) is 6.09. The lowest BCUT2D eigenvalue weighted by Crippen LogP contribution is -2.46. The number of rotatable bonds is 1. The zero-order valence-electron chi connectivity index (χ0n) is 16.3. The number of fused-ring (bicyclic) bond motifs is 2. The molecule has 0 radical (unpaired) electrons. The van der Waals surface area contributed by atoms with Crippen LogP contribution in [0.4, 0.5) is 0 Å². The molecule has 27 heavy (non-hydrogen) atoms. The normalized spacial score (nSPS) is 33.4. The van der Waals surface area contributed by atoms with Gasteiger partial charge >= 0.3 is 0 Å². The van der Waals surface area contributed by atoms with Crippen LogP contribution in [0.1, 0.15) is 49.5 Å². The number of Topliss-reactive ketones (excluding diaryl/α,β-unsaturated/α-hetero) is 1. The highest BCUT2D eigenvalue weighted by Gasteiger charge is 2.78. The van der Waals surface area contributed by atoms with Crippen LogP contribution < -0.4 is 0 Å². The molecule has 1 spiro atoms. The summed E-state index contributed by atoms with van der Waals surface area (Å²) in [5, 5.41) is 9.57. The van der Waals surface area contributed by atoms with Gasteiger partial charge < -0.3 is 4.57 Å². The summed E-state index contributed by atoms with van der Waals surface area (Å²) < 4.78 is 2.28. The molecule has 1 fully saturated rings. The van der Waals surface area contributed by atoms with Crippen LogP contribution in [0.2, 0.25) is 0 Å². The molecule has 4 nitrogen and oxygen atoms in total. The molecular formula is C23H23N3O. The third-order valence-electron chi connectivity index (χ3n) is 7.66. The Labute approximate surface area is 159 Å². The van der Waals surface area contributed by atoms with E-state index in [0.29, 0.717) is 5.57 Å². The summed E-state index contributed by atoms with van der Waals surface area (Å²) in [5.41, 5.74) is 4.09. The Morgan fingerprint density at radius 2 is 1.96 bits per heavy atom. The Morgan fingerprint density at radius 3 is 2.67 bits per heavy atom. The van der Waals surface area contributed by atoms with Crippen molar-refractivity contribution in [1.82, 2.24) is 9.55 Å². The second-order valence-electron chi connectivity index (χ2n) is 8.87. The third-order valence-corrected chi connectivity index (χ3v) is 7.66. The van der Waals surface area contributed by atoms with E-state index in [1.54, 1.807) is 0 Å². The highest BCUT2D eigenvalue weighted by molar-refractivity contribution is 6.07. The minimum Gasteiger partial charge on any atom is -0.300 e. The van der Waals surface area contributed by atoms with Crippen molar-refractivity contribution in [2.24, 2.45) is 10.8 Å². The lowest BCUT2D eigenvalue weighted by molar-refractivity contribution is -0.122. The van der Waals surface area contributed by atoms with Crippen molar-refractivity contribution in [3.63, 3.8) is 0 Å². The van der Waals surface area contributed by atoms with E-state index in [-0.39, 0.29) is 16.6 Å². The fourth-order valence-electron chi connectivity index (χ4n) is 6.09. The molecule has 0 N–H and O–H groups in total. The Morgan fingerprint density at radius 1 is 1.22 bits per heavy atom. The number of nitrogens with zero attached hydrogens (tertiary/aromatic N) is 3. The topological polar surface area (TPSA) is 58.7 Å². The zero-order valence-corrected chi connectivity index (χ0v) is 16.3. The molecule has 0 aliphatic heterocycles. The van der Waals surface area contributed by atoms with Crippen molar-refractivity contribution >= 4 is 5.78 Å². The average molecular weight is 357 g/mol. The predicted octanol–water partition coefficient (Wildman–Crippen LogP) is 4.12. The molecule has 1 unspecified atom stereocenters. The predicted molar refractivity (Wildman–Crippen MR) is 103 cm³/mol. The second kappa shape index (κ2) is 4.78. The van der Waals surface area contributed by atoms with Crippen LogP contribution in [0, 0.1) is 36.0 Å². The largest absolute Gasteiger partial charge is 0.300 e. The molecule has 1 aromatic carbocycles. The summed E-state index contributed by atoms with van der Waals surface area (Å²) in [6.45, 7) is 8.41.